The van der Waals surface area contributed by atoms with E-state index in [0.29, 0.717) is 61.6 Å². The molecule has 5 saturated heterocycles. The minimum Gasteiger partial charge on any atom is -0.492 e. The van der Waals surface area contributed by atoms with Gasteiger partial charge in [0.25, 0.3) is 5.91 Å². The van der Waals surface area contributed by atoms with Crippen LogP contribution in [0.4, 0.5) is 35.9 Å². The Hall–Kier alpha value is -5.64. The average molecular weight is 844 g/mol. The topological polar surface area (TPSA) is 163 Å². The Labute approximate surface area is 350 Å². The van der Waals surface area contributed by atoms with Crippen molar-refractivity contribution >= 4 is 63.7 Å². The number of anilines is 4. The maximum Gasteiger partial charge on any atom is 0.419 e. The van der Waals surface area contributed by atoms with E-state index >= 15 is 0 Å². The molecular weight excluding hydrogens is 800 g/mol. The molecule has 1 aliphatic carbocycles. The van der Waals surface area contributed by atoms with Crippen molar-refractivity contribution in [1.82, 2.24) is 20.1 Å². The number of amides is 4. The minimum absolute atomic E-state index is 0.0512. The number of carbonyl (C=O) groups excluding carboxylic acids is 4. The number of alkyl halides is 3. The van der Waals surface area contributed by atoms with Gasteiger partial charge < -0.3 is 20.3 Å². The second kappa shape index (κ2) is 16.4. The highest BCUT2D eigenvalue weighted by molar-refractivity contribution is 7.81. The monoisotopic (exact) mass is 843 g/mol. The molecule has 1 unspecified atom stereocenters. The fraction of sp³-hybridized carbons (Fsp3) is 0.452. The summed E-state index contributed by atoms with van der Waals surface area (Å²) in [5, 5.41) is 17.8. The van der Waals surface area contributed by atoms with Crippen molar-refractivity contribution < 1.29 is 37.1 Å². The van der Waals surface area contributed by atoms with Crippen molar-refractivity contribution in [3.8, 4) is 11.8 Å². The number of fused-ring (bicyclic) bond motifs is 3. The molecule has 1 saturated carbocycles. The molecule has 2 bridgehead atoms. The van der Waals surface area contributed by atoms with Gasteiger partial charge in [-0.25, -0.2) is 4.98 Å². The van der Waals surface area contributed by atoms with Gasteiger partial charge in [0.1, 0.15) is 30.0 Å². The number of thiocarbonyl (C=S) groups is 1. The first-order chi connectivity index (χ1) is 28.8. The van der Waals surface area contributed by atoms with Crippen LogP contribution in [0.1, 0.15) is 68.7 Å². The average Bonchev–Trinajstić information content (AvgIpc) is 3.45. The van der Waals surface area contributed by atoms with Crippen molar-refractivity contribution in [1.29, 1.82) is 5.26 Å². The van der Waals surface area contributed by atoms with Gasteiger partial charge in [-0.15, -0.1) is 0 Å². The molecule has 14 nitrogen and oxygen atoms in total. The summed E-state index contributed by atoms with van der Waals surface area (Å²) in [6.45, 7) is 4.95. The van der Waals surface area contributed by atoms with Crippen LogP contribution >= 0.6 is 12.2 Å². The van der Waals surface area contributed by atoms with Gasteiger partial charge in [-0.2, -0.15) is 18.4 Å². The number of halogens is 3. The lowest BCUT2D eigenvalue weighted by atomic mass is 9.75. The van der Waals surface area contributed by atoms with E-state index in [0.717, 1.165) is 55.1 Å². The first-order valence-corrected chi connectivity index (χ1v) is 20.6. The second-order valence-corrected chi connectivity index (χ2v) is 16.3. The van der Waals surface area contributed by atoms with Crippen LogP contribution < -0.4 is 30.5 Å². The SMILES string of the molecule is CCc1cc(N2C(=S)N(c3cnc(C#N)c(C(F)(F)F)c3)C(=O)C23CCC3)ccc1OCCN1C[C@@H]2CC[C@@H]1CN2CC(=O)Nc1cccc(NC2CCC(=O)NC2=O)c1. The van der Waals surface area contributed by atoms with Crippen molar-refractivity contribution in [2.75, 3.05) is 53.2 Å². The molecule has 3 N–H and O–H groups in total. The van der Waals surface area contributed by atoms with E-state index in [2.05, 4.69) is 30.7 Å². The summed E-state index contributed by atoms with van der Waals surface area (Å²) in [5.41, 5.74) is -0.343. The molecule has 6 fully saturated rings. The van der Waals surface area contributed by atoms with Crippen LogP contribution in [-0.4, -0.2) is 100.0 Å². The summed E-state index contributed by atoms with van der Waals surface area (Å²) in [7, 11) is 0. The second-order valence-electron chi connectivity index (χ2n) is 15.9. The van der Waals surface area contributed by atoms with Crippen LogP contribution in [-0.2, 0) is 31.8 Å². The van der Waals surface area contributed by atoms with E-state index in [4.69, 9.17) is 17.0 Å². The van der Waals surface area contributed by atoms with Crippen molar-refractivity contribution in [3.63, 3.8) is 0 Å². The number of ether oxygens (including phenoxy) is 1. The lowest BCUT2D eigenvalue weighted by Crippen LogP contribution is -2.63. The van der Waals surface area contributed by atoms with E-state index in [1.165, 1.54) is 6.07 Å². The molecule has 18 heteroatoms. The molecule has 0 radical (unpaired) electrons. The van der Waals surface area contributed by atoms with Crippen molar-refractivity contribution in [2.45, 2.75) is 88.1 Å². The summed E-state index contributed by atoms with van der Waals surface area (Å²) in [5.74, 6) is -0.488. The molecule has 1 aromatic heterocycles. The van der Waals surface area contributed by atoms with Crippen LogP contribution in [0.2, 0.25) is 0 Å². The van der Waals surface area contributed by atoms with Gasteiger partial charge in [0.05, 0.1) is 24.0 Å². The van der Waals surface area contributed by atoms with E-state index in [1.54, 1.807) is 23.1 Å². The van der Waals surface area contributed by atoms with Gasteiger partial charge in [0.15, 0.2) is 10.8 Å². The van der Waals surface area contributed by atoms with E-state index in [9.17, 15) is 37.6 Å². The van der Waals surface area contributed by atoms with Crippen LogP contribution in [0.3, 0.4) is 0 Å². The number of imide groups is 1. The van der Waals surface area contributed by atoms with Gasteiger partial charge in [-0.05, 0) is 105 Å². The number of benzene rings is 2. The van der Waals surface area contributed by atoms with Gasteiger partial charge in [0, 0.05) is 55.2 Å². The standard InChI is InChI=1S/C42H44F3N9O5S/c1-2-25-17-28(54-40(60)53(39(58)41(54)13-4-14-41)31-19-32(42(43,44)45)34(20-46)47-21-31)9-11-35(25)59-16-15-51-22-30-8-7-29(51)23-52(30)24-37(56)49-27-6-3-5-26(18-27)48-33-10-12-36(55)50-38(33)57/h3,5-6,9,11,17-19,21,29-30,33,48H,2,4,7-8,10,12-16,22-24H2,1H3,(H,49,56)(H,50,55,57)/t29-,30+,33?/m1/s1. The van der Waals surface area contributed by atoms with Crippen LogP contribution in [0.15, 0.2) is 54.7 Å². The Morgan fingerprint density at radius 3 is 2.45 bits per heavy atom. The highest BCUT2D eigenvalue weighted by Crippen LogP contribution is 2.49. The molecule has 1 spiro atoms. The van der Waals surface area contributed by atoms with Gasteiger partial charge in [-0.1, -0.05) is 13.0 Å². The molecule has 60 heavy (non-hydrogen) atoms. The van der Waals surface area contributed by atoms with E-state index < -0.39 is 34.9 Å². The molecule has 5 aliphatic heterocycles. The number of piperazine rings is 1. The first kappa shape index (κ1) is 41.1. The molecule has 9 rings (SSSR count). The largest absolute Gasteiger partial charge is 0.492 e. The first-order valence-electron chi connectivity index (χ1n) is 20.2. The molecule has 314 valence electrons. The van der Waals surface area contributed by atoms with Crippen molar-refractivity contribution in [3.05, 3.63) is 71.5 Å². The highest BCUT2D eigenvalue weighted by Gasteiger charge is 2.60. The Morgan fingerprint density at radius 2 is 1.78 bits per heavy atom. The number of aromatic nitrogens is 1. The Balaban J connectivity index is 0.864. The minimum atomic E-state index is -4.85. The molecule has 4 amide bonds. The summed E-state index contributed by atoms with van der Waals surface area (Å²) in [6, 6.07) is 15.0. The Kier molecular flexibility index (Phi) is 11.3. The van der Waals surface area contributed by atoms with Gasteiger partial charge >= 0.3 is 6.18 Å². The quantitative estimate of drug-likeness (QED) is 0.166. The number of nitrogens with zero attached hydrogens (tertiary/aromatic N) is 6. The number of nitriles is 1. The smallest absolute Gasteiger partial charge is 0.419 e. The lowest BCUT2D eigenvalue weighted by molar-refractivity contribution is -0.138. The maximum absolute atomic E-state index is 14.0. The predicted molar refractivity (Wildman–Crippen MR) is 219 cm³/mol. The lowest BCUT2D eigenvalue weighted by Gasteiger charge is -2.51. The number of pyridine rings is 1. The summed E-state index contributed by atoms with van der Waals surface area (Å²) in [6.07, 6.45) is 1.27. The molecule has 2 aromatic carbocycles. The fourth-order valence-electron chi connectivity index (χ4n) is 9.06. The third-order valence-corrected chi connectivity index (χ3v) is 12.6. The van der Waals surface area contributed by atoms with Crippen molar-refractivity contribution in [2.24, 2.45) is 0 Å². The zero-order valence-corrected chi connectivity index (χ0v) is 33.7. The van der Waals surface area contributed by atoms with E-state index in [1.807, 2.05) is 31.2 Å². The number of hydrogen-bond donors (Lipinski definition) is 3. The third-order valence-electron chi connectivity index (χ3n) is 12.3. The van der Waals surface area contributed by atoms with Gasteiger partial charge in [0.2, 0.25) is 17.7 Å². The Morgan fingerprint density at radius 1 is 1.03 bits per heavy atom. The van der Waals surface area contributed by atoms with E-state index in [-0.39, 0.29) is 53.6 Å². The highest BCUT2D eigenvalue weighted by atomic mass is 32.1. The molecule has 6 heterocycles. The van der Waals surface area contributed by atoms with Crippen LogP contribution in [0, 0.1) is 11.3 Å². The number of rotatable bonds is 12. The predicted octanol–water partition coefficient (Wildman–Crippen LogP) is 4.98. The summed E-state index contributed by atoms with van der Waals surface area (Å²) < 4.78 is 47.8. The number of nitrogens with one attached hydrogen (secondary N) is 3. The number of carbonyl (C=O) groups is 4. The molecule has 3 atom stereocenters. The molecular formula is C42H44F3N9O5S. The van der Waals surface area contributed by atoms with Crippen LogP contribution in [0.25, 0.3) is 0 Å². The normalized spacial score (nSPS) is 22.8. The third kappa shape index (κ3) is 7.88. The zero-order chi connectivity index (χ0) is 42.3. The zero-order valence-electron chi connectivity index (χ0n) is 32.9. The Bertz CT molecular complexity index is 2280. The van der Waals surface area contributed by atoms with Gasteiger partial charge in [-0.3, -0.25) is 39.2 Å². The summed E-state index contributed by atoms with van der Waals surface area (Å²) in [4.78, 5) is 62.0. The summed E-state index contributed by atoms with van der Waals surface area (Å²) >= 11 is 5.80. The van der Waals surface area contributed by atoms with Crippen LogP contribution in [0.5, 0.6) is 5.75 Å². The molecule has 3 aromatic rings. The number of hydrogen-bond acceptors (Lipinski definition) is 11. The molecule has 6 aliphatic rings. The fourth-order valence-corrected chi connectivity index (χ4v) is 9.53. The number of aryl methyl sites for hydroxylation is 1. The number of piperidine rings is 3. The maximum atomic E-state index is 14.0.